The minimum absolute atomic E-state index is 0.0785. The Labute approximate surface area is 106 Å². The van der Waals surface area contributed by atoms with Crippen LogP contribution in [0.5, 0.6) is 0 Å². The quantitative estimate of drug-likeness (QED) is 0.838. The minimum atomic E-state index is -0.229. The number of rotatable bonds is 3. The van der Waals surface area contributed by atoms with Crippen LogP contribution in [0.4, 0.5) is 10.1 Å². The van der Waals surface area contributed by atoms with Crippen LogP contribution in [0.2, 0.25) is 0 Å². The second kappa shape index (κ2) is 5.82. The molecule has 1 aromatic rings. The molecule has 1 saturated heterocycles. The third-order valence-electron chi connectivity index (χ3n) is 3.06. The summed E-state index contributed by atoms with van der Waals surface area (Å²) in [4.78, 5) is 13.4. The van der Waals surface area contributed by atoms with Crippen molar-refractivity contribution in [3.63, 3.8) is 0 Å². The Bertz CT molecular complexity index is 436. The van der Waals surface area contributed by atoms with Crippen LogP contribution >= 0.6 is 0 Å². The second-order valence-corrected chi connectivity index (χ2v) is 4.39. The Balaban J connectivity index is 2.22. The van der Waals surface area contributed by atoms with E-state index in [0.29, 0.717) is 26.1 Å². The van der Waals surface area contributed by atoms with Gasteiger partial charge in [0.1, 0.15) is 5.82 Å². The molecular formula is C13H18FN3O. The van der Waals surface area contributed by atoms with Crippen LogP contribution < -0.4 is 15.5 Å². The highest BCUT2D eigenvalue weighted by atomic mass is 19.1. The summed E-state index contributed by atoms with van der Waals surface area (Å²) in [6.45, 7) is 2.68. The molecule has 4 nitrogen and oxygen atoms in total. The van der Waals surface area contributed by atoms with Gasteiger partial charge in [0.2, 0.25) is 5.91 Å². The third-order valence-corrected chi connectivity index (χ3v) is 3.06. The van der Waals surface area contributed by atoms with Crippen molar-refractivity contribution in [3.05, 3.63) is 29.6 Å². The minimum Gasteiger partial charge on any atom is -0.369 e. The molecule has 1 aromatic carbocycles. The predicted octanol–water partition coefficient (Wildman–Crippen LogP) is 0.871. The zero-order valence-corrected chi connectivity index (χ0v) is 10.5. The van der Waals surface area contributed by atoms with Crippen LogP contribution in [0.15, 0.2) is 18.2 Å². The topological polar surface area (TPSA) is 44.4 Å². The molecule has 1 heterocycles. The lowest BCUT2D eigenvalue weighted by Gasteiger charge is -2.24. The van der Waals surface area contributed by atoms with E-state index in [1.54, 1.807) is 12.1 Å². The first-order valence-corrected chi connectivity index (χ1v) is 6.15. The van der Waals surface area contributed by atoms with Crippen LogP contribution in [-0.2, 0) is 11.3 Å². The number of hydrogen-bond donors (Lipinski definition) is 2. The predicted molar refractivity (Wildman–Crippen MR) is 69.0 cm³/mol. The molecule has 18 heavy (non-hydrogen) atoms. The average molecular weight is 251 g/mol. The molecule has 0 radical (unpaired) electrons. The van der Waals surface area contributed by atoms with Crippen molar-refractivity contribution in [2.75, 3.05) is 31.6 Å². The number of nitrogens with zero attached hydrogens (tertiary/aromatic N) is 1. The number of halogens is 1. The van der Waals surface area contributed by atoms with E-state index in [0.717, 1.165) is 17.8 Å². The maximum atomic E-state index is 13.3. The van der Waals surface area contributed by atoms with Gasteiger partial charge >= 0.3 is 0 Å². The van der Waals surface area contributed by atoms with E-state index in [1.807, 2.05) is 7.05 Å². The Morgan fingerprint density at radius 2 is 2.28 bits per heavy atom. The standard InChI is InChI=1S/C13H18FN3O/c1-15-9-10-8-11(14)2-3-12(10)17-6-4-13(18)16-5-7-17/h2-3,8,15H,4-7,9H2,1H3,(H,16,18). The van der Waals surface area contributed by atoms with Crippen molar-refractivity contribution in [2.45, 2.75) is 13.0 Å². The van der Waals surface area contributed by atoms with Crippen molar-refractivity contribution < 1.29 is 9.18 Å². The number of nitrogens with one attached hydrogen (secondary N) is 2. The summed E-state index contributed by atoms with van der Waals surface area (Å²) < 4.78 is 13.3. The summed E-state index contributed by atoms with van der Waals surface area (Å²) >= 11 is 0. The van der Waals surface area contributed by atoms with Crippen molar-refractivity contribution in [1.29, 1.82) is 0 Å². The van der Waals surface area contributed by atoms with Gasteiger partial charge in [0.25, 0.3) is 0 Å². The molecule has 0 spiro atoms. The monoisotopic (exact) mass is 251 g/mol. The smallest absolute Gasteiger partial charge is 0.221 e. The summed E-state index contributed by atoms with van der Waals surface area (Å²) in [6, 6.07) is 4.80. The highest BCUT2D eigenvalue weighted by Crippen LogP contribution is 2.22. The molecule has 0 aliphatic carbocycles. The summed E-state index contributed by atoms with van der Waals surface area (Å²) in [6.07, 6.45) is 0.483. The first-order valence-electron chi connectivity index (χ1n) is 6.15. The molecule has 0 bridgehead atoms. The molecule has 2 rings (SSSR count). The zero-order valence-electron chi connectivity index (χ0n) is 10.5. The lowest BCUT2D eigenvalue weighted by Crippen LogP contribution is -2.29. The summed E-state index contributed by atoms with van der Waals surface area (Å²) in [7, 11) is 1.84. The van der Waals surface area contributed by atoms with Gasteiger partial charge in [0, 0.05) is 38.3 Å². The molecule has 98 valence electrons. The lowest BCUT2D eigenvalue weighted by atomic mass is 10.1. The SMILES string of the molecule is CNCc1cc(F)ccc1N1CCNC(=O)CC1. The molecular weight excluding hydrogens is 233 g/mol. The Morgan fingerprint density at radius 3 is 3.06 bits per heavy atom. The molecule has 0 saturated carbocycles. The largest absolute Gasteiger partial charge is 0.369 e. The number of amides is 1. The van der Waals surface area contributed by atoms with Gasteiger partial charge in [-0.05, 0) is 30.8 Å². The van der Waals surface area contributed by atoms with E-state index in [9.17, 15) is 9.18 Å². The van der Waals surface area contributed by atoms with Gasteiger partial charge in [-0.2, -0.15) is 0 Å². The van der Waals surface area contributed by atoms with Gasteiger partial charge in [-0.15, -0.1) is 0 Å². The molecule has 0 atom stereocenters. The Kier molecular flexibility index (Phi) is 4.15. The van der Waals surface area contributed by atoms with Gasteiger partial charge in [-0.1, -0.05) is 0 Å². The van der Waals surface area contributed by atoms with E-state index >= 15 is 0 Å². The van der Waals surface area contributed by atoms with Crippen molar-refractivity contribution in [3.8, 4) is 0 Å². The van der Waals surface area contributed by atoms with Gasteiger partial charge in [-0.25, -0.2) is 4.39 Å². The molecule has 1 aliphatic heterocycles. The van der Waals surface area contributed by atoms with Gasteiger partial charge in [0.15, 0.2) is 0 Å². The fourth-order valence-electron chi connectivity index (χ4n) is 2.20. The van der Waals surface area contributed by atoms with Crippen LogP contribution in [0.3, 0.4) is 0 Å². The highest BCUT2D eigenvalue weighted by Gasteiger charge is 2.16. The van der Waals surface area contributed by atoms with Gasteiger partial charge < -0.3 is 15.5 Å². The number of carbonyl (C=O) groups is 1. The van der Waals surface area contributed by atoms with Gasteiger partial charge in [-0.3, -0.25) is 4.79 Å². The second-order valence-electron chi connectivity index (χ2n) is 4.39. The van der Waals surface area contributed by atoms with Crippen molar-refractivity contribution >= 4 is 11.6 Å². The summed E-state index contributed by atoms with van der Waals surface area (Å²) in [5, 5.41) is 5.88. The number of anilines is 1. The van der Waals surface area contributed by atoms with Crippen LogP contribution in [0, 0.1) is 5.82 Å². The summed E-state index contributed by atoms with van der Waals surface area (Å²) in [5.74, 6) is -0.150. The summed E-state index contributed by atoms with van der Waals surface area (Å²) in [5.41, 5.74) is 1.93. The van der Waals surface area contributed by atoms with Gasteiger partial charge in [0.05, 0.1) is 0 Å². The average Bonchev–Trinajstić information content (AvgIpc) is 2.55. The van der Waals surface area contributed by atoms with Crippen molar-refractivity contribution in [2.24, 2.45) is 0 Å². The van der Waals surface area contributed by atoms with Crippen LogP contribution in [-0.4, -0.2) is 32.6 Å². The fraction of sp³-hybridized carbons (Fsp3) is 0.462. The highest BCUT2D eigenvalue weighted by molar-refractivity contribution is 5.77. The number of hydrogen-bond acceptors (Lipinski definition) is 3. The fourth-order valence-corrected chi connectivity index (χ4v) is 2.20. The maximum absolute atomic E-state index is 13.3. The molecule has 0 aromatic heterocycles. The molecule has 1 fully saturated rings. The first kappa shape index (κ1) is 12.8. The van der Waals surface area contributed by atoms with E-state index in [2.05, 4.69) is 15.5 Å². The van der Waals surface area contributed by atoms with Crippen LogP contribution in [0.25, 0.3) is 0 Å². The normalized spacial score (nSPS) is 16.3. The van der Waals surface area contributed by atoms with E-state index < -0.39 is 0 Å². The molecule has 1 aliphatic rings. The van der Waals surface area contributed by atoms with E-state index in [1.165, 1.54) is 6.07 Å². The number of carbonyl (C=O) groups excluding carboxylic acids is 1. The van der Waals surface area contributed by atoms with Crippen molar-refractivity contribution in [1.82, 2.24) is 10.6 Å². The molecule has 5 heteroatoms. The Hall–Kier alpha value is -1.62. The third kappa shape index (κ3) is 2.98. The lowest BCUT2D eigenvalue weighted by molar-refractivity contribution is -0.120. The van der Waals surface area contributed by atoms with E-state index in [-0.39, 0.29) is 11.7 Å². The first-order chi connectivity index (χ1) is 8.70. The molecule has 2 N–H and O–H groups in total. The molecule has 0 unspecified atom stereocenters. The van der Waals surface area contributed by atoms with E-state index in [4.69, 9.17) is 0 Å². The molecule has 1 amide bonds. The number of benzene rings is 1. The van der Waals surface area contributed by atoms with Crippen LogP contribution in [0.1, 0.15) is 12.0 Å². The zero-order chi connectivity index (χ0) is 13.0. The maximum Gasteiger partial charge on any atom is 0.221 e. The Morgan fingerprint density at radius 1 is 1.44 bits per heavy atom.